The van der Waals surface area contributed by atoms with Gasteiger partial charge < -0.3 is 10.4 Å². The Balaban J connectivity index is 1.96. The van der Waals surface area contributed by atoms with Crippen LogP contribution in [0.4, 0.5) is 5.69 Å². The lowest BCUT2D eigenvalue weighted by molar-refractivity contribution is -0.137. The van der Waals surface area contributed by atoms with Crippen LogP contribution in [0.2, 0.25) is 0 Å². The molecule has 2 N–H and O–H groups in total. The molecule has 1 atom stereocenters. The van der Waals surface area contributed by atoms with Gasteiger partial charge in [0.15, 0.2) is 0 Å². The van der Waals surface area contributed by atoms with Crippen LogP contribution in [0.5, 0.6) is 0 Å². The van der Waals surface area contributed by atoms with Gasteiger partial charge in [-0.2, -0.15) is 0 Å². The zero-order valence-corrected chi connectivity index (χ0v) is 17.0. The van der Waals surface area contributed by atoms with E-state index in [-0.39, 0.29) is 11.5 Å². The Hall–Kier alpha value is -2.28. The number of carboxylic acid groups (broad SMARTS) is 1. The Bertz CT molecular complexity index is 831. The first-order chi connectivity index (χ1) is 12.8. The van der Waals surface area contributed by atoms with Crippen molar-refractivity contribution >= 4 is 23.4 Å². The largest absolute Gasteiger partial charge is 0.480 e. The van der Waals surface area contributed by atoms with Crippen LogP contribution in [0.3, 0.4) is 0 Å². The fourth-order valence-corrected chi connectivity index (χ4v) is 3.73. The van der Waals surface area contributed by atoms with E-state index in [0.29, 0.717) is 19.5 Å². The Kier molecular flexibility index (Phi) is 7.47. The third-order valence-electron chi connectivity index (χ3n) is 4.16. The van der Waals surface area contributed by atoms with Gasteiger partial charge in [0, 0.05) is 41.9 Å². The summed E-state index contributed by atoms with van der Waals surface area (Å²) in [6, 6.07) is 9.25. The van der Waals surface area contributed by atoms with Crippen molar-refractivity contribution in [2.24, 2.45) is 5.92 Å². The molecule has 6 nitrogen and oxygen atoms in total. The summed E-state index contributed by atoms with van der Waals surface area (Å²) in [4.78, 5) is 28.8. The number of carboxylic acids is 1. The van der Waals surface area contributed by atoms with Crippen molar-refractivity contribution in [2.45, 2.75) is 50.8 Å². The first kappa shape index (κ1) is 21.0. The van der Waals surface area contributed by atoms with Crippen molar-refractivity contribution in [1.82, 2.24) is 9.55 Å². The van der Waals surface area contributed by atoms with Gasteiger partial charge in [0.25, 0.3) is 5.56 Å². The molecule has 0 bridgehead atoms. The minimum atomic E-state index is -0.791. The second-order valence-corrected chi connectivity index (χ2v) is 7.94. The number of rotatable bonds is 9. The van der Waals surface area contributed by atoms with Gasteiger partial charge in [0.05, 0.1) is 0 Å². The van der Waals surface area contributed by atoms with Crippen LogP contribution in [0.25, 0.3) is 0 Å². The topological polar surface area (TPSA) is 84.2 Å². The number of hydrogen-bond acceptors (Lipinski definition) is 5. The average molecular weight is 390 g/mol. The highest BCUT2D eigenvalue weighted by Crippen LogP contribution is 2.29. The minimum Gasteiger partial charge on any atom is -0.480 e. The summed E-state index contributed by atoms with van der Waals surface area (Å²) < 4.78 is 1.70. The van der Waals surface area contributed by atoms with Gasteiger partial charge in [0.2, 0.25) is 0 Å². The molecule has 0 saturated heterocycles. The zero-order chi connectivity index (χ0) is 20.0. The van der Waals surface area contributed by atoms with Crippen molar-refractivity contribution in [1.29, 1.82) is 0 Å². The maximum absolute atomic E-state index is 12.2. The molecule has 1 aromatic heterocycles. The van der Waals surface area contributed by atoms with Crippen LogP contribution < -0.4 is 10.9 Å². The monoisotopic (exact) mass is 389 g/mol. The predicted octanol–water partition coefficient (Wildman–Crippen LogP) is 3.43. The molecule has 0 fully saturated rings. The molecule has 0 spiro atoms. The molecule has 2 aromatic rings. The molecular weight excluding hydrogens is 362 g/mol. The molecule has 146 valence electrons. The highest BCUT2D eigenvalue weighted by Gasteiger charge is 2.22. The van der Waals surface area contributed by atoms with E-state index in [4.69, 9.17) is 0 Å². The van der Waals surface area contributed by atoms with E-state index in [9.17, 15) is 14.7 Å². The predicted molar refractivity (Wildman–Crippen MR) is 110 cm³/mol. The molecule has 0 amide bonds. The number of aliphatic carboxylic acids is 1. The average Bonchev–Trinajstić information content (AvgIpc) is 2.61. The molecule has 2 rings (SSSR count). The normalized spacial score (nSPS) is 12.2. The lowest BCUT2D eigenvalue weighted by atomic mass is 10.1. The van der Waals surface area contributed by atoms with E-state index < -0.39 is 11.2 Å². The second kappa shape index (κ2) is 9.60. The molecule has 0 aliphatic carbocycles. The number of nitrogens with zero attached hydrogens (tertiary/aromatic N) is 2. The molecule has 0 aliphatic rings. The van der Waals surface area contributed by atoms with E-state index in [1.54, 1.807) is 10.6 Å². The summed E-state index contributed by atoms with van der Waals surface area (Å²) in [5.41, 5.74) is 1.65. The third kappa shape index (κ3) is 5.85. The Morgan fingerprint density at radius 3 is 2.52 bits per heavy atom. The molecule has 0 aliphatic heterocycles. The summed E-state index contributed by atoms with van der Waals surface area (Å²) in [6.07, 6.45) is 0.712. The van der Waals surface area contributed by atoms with Gasteiger partial charge in [-0.05, 0) is 37.1 Å². The lowest BCUT2D eigenvalue weighted by Crippen LogP contribution is -2.27. The molecular formula is C20H27N3O3S. The van der Waals surface area contributed by atoms with E-state index in [1.165, 1.54) is 11.8 Å². The highest BCUT2D eigenvalue weighted by atomic mass is 32.2. The molecule has 0 radical (unpaired) electrons. The lowest BCUT2D eigenvalue weighted by Gasteiger charge is -2.16. The fourth-order valence-electron chi connectivity index (χ4n) is 2.77. The second-order valence-electron chi connectivity index (χ2n) is 6.73. The van der Waals surface area contributed by atoms with E-state index in [2.05, 4.69) is 10.3 Å². The number of thioether (sulfide) groups is 1. The first-order valence-corrected chi connectivity index (χ1v) is 10.0. The Labute approximate surface area is 164 Å². The van der Waals surface area contributed by atoms with Crippen molar-refractivity contribution in [2.75, 3.05) is 11.9 Å². The number of aryl methyl sites for hydroxylation is 2. The molecule has 1 aromatic carbocycles. The van der Waals surface area contributed by atoms with Gasteiger partial charge in [-0.25, -0.2) is 4.98 Å². The summed E-state index contributed by atoms with van der Waals surface area (Å²) in [6.45, 7) is 8.79. The molecule has 27 heavy (non-hydrogen) atoms. The van der Waals surface area contributed by atoms with Crippen LogP contribution in [0.15, 0.2) is 40.0 Å². The Morgan fingerprint density at radius 1 is 1.30 bits per heavy atom. The number of hydrogen-bond donors (Lipinski definition) is 2. The summed E-state index contributed by atoms with van der Waals surface area (Å²) >= 11 is 1.36. The summed E-state index contributed by atoms with van der Waals surface area (Å²) in [5.74, 6) is 0.0579. The maximum atomic E-state index is 12.2. The van der Waals surface area contributed by atoms with Gasteiger partial charge in [-0.1, -0.05) is 20.8 Å². The van der Waals surface area contributed by atoms with E-state index in [1.807, 2.05) is 52.0 Å². The number of anilines is 1. The van der Waals surface area contributed by atoms with Crippen molar-refractivity contribution in [3.63, 3.8) is 0 Å². The maximum Gasteiger partial charge on any atom is 0.317 e. The standard InChI is InChI=1S/C20H27N3O3S/c1-5-17-22-14(4)12-18(24)23(17)11-10-21-15-6-8-16(9-7-15)27-19(13(2)3)20(25)26/h6-9,12-13,19,21H,5,10-11H2,1-4H3,(H,25,26). The van der Waals surface area contributed by atoms with Crippen molar-refractivity contribution in [3.8, 4) is 0 Å². The van der Waals surface area contributed by atoms with Gasteiger partial charge in [-0.15, -0.1) is 11.8 Å². The van der Waals surface area contributed by atoms with Crippen molar-refractivity contribution < 1.29 is 9.90 Å². The van der Waals surface area contributed by atoms with Gasteiger partial charge in [-0.3, -0.25) is 14.2 Å². The number of carbonyl (C=O) groups is 1. The van der Waals surface area contributed by atoms with Crippen LogP contribution in [-0.4, -0.2) is 32.4 Å². The third-order valence-corrected chi connectivity index (χ3v) is 5.71. The quantitative estimate of drug-likeness (QED) is 0.639. The van der Waals surface area contributed by atoms with Crippen LogP contribution in [-0.2, 0) is 17.8 Å². The van der Waals surface area contributed by atoms with Crippen molar-refractivity contribution in [3.05, 3.63) is 52.2 Å². The number of benzene rings is 1. The van der Waals surface area contributed by atoms with E-state index >= 15 is 0 Å². The van der Waals surface area contributed by atoms with Gasteiger partial charge >= 0.3 is 5.97 Å². The minimum absolute atomic E-state index is 0.0266. The SMILES string of the molecule is CCc1nc(C)cc(=O)n1CCNc1ccc(SC(C(=O)O)C(C)C)cc1. The molecule has 7 heteroatoms. The first-order valence-electron chi connectivity index (χ1n) is 9.12. The fraction of sp³-hybridized carbons (Fsp3) is 0.450. The van der Waals surface area contributed by atoms with Crippen LogP contribution in [0, 0.1) is 12.8 Å². The smallest absolute Gasteiger partial charge is 0.317 e. The number of aromatic nitrogens is 2. The molecule has 0 saturated carbocycles. The highest BCUT2D eigenvalue weighted by molar-refractivity contribution is 8.00. The Morgan fingerprint density at radius 2 is 1.96 bits per heavy atom. The van der Waals surface area contributed by atoms with E-state index in [0.717, 1.165) is 22.1 Å². The molecule has 1 unspecified atom stereocenters. The van der Waals surface area contributed by atoms with Gasteiger partial charge in [0.1, 0.15) is 11.1 Å². The zero-order valence-electron chi connectivity index (χ0n) is 16.2. The van der Waals surface area contributed by atoms with Crippen LogP contribution >= 0.6 is 11.8 Å². The molecule has 1 heterocycles. The summed E-state index contributed by atoms with van der Waals surface area (Å²) in [7, 11) is 0. The summed E-state index contributed by atoms with van der Waals surface area (Å²) in [5, 5.41) is 12.1. The number of nitrogens with one attached hydrogen (secondary N) is 1. The van der Waals surface area contributed by atoms with Crippen LogP contribution in [0.1, 0.15) is 32.3 Å².